The summed E-state index contributed by atoms with van der Waals surface area (Å²) in [7, 11) is -1.91. The number of aromatic nitrogens is 3. The summed E-state index contributed by atoms with van der Waals surface area (Å²) in [6.07, 6.45) is 6.33. The smallest absolute Gasteiger partial charge is 0.259 e. The van der Waals surface area contributed by atoms with Crippen LogP contribution in [0.3, 0.4) is 0 Å². The molecule has 0 fully saturated rings. The first-order chi connectivity index (χ1) is 11.0. The summed E-state index contributed by atoms with van der Waals surface area (Å²) < 4.78 is 34.0. The Morgan fingerprint density at radius 3 is 2.83 bits per heavy atom. The van der Waals surface area contributed by atoms with Crippen LogP contribution in [-0.2, 0) is 23.6 Å². The van der Waals surface area contributed by atoms with E-state index in [9.17, 15) is 8.42 Å². The second kappa shape index (κ2) is 5.98. The molecule has 8 heteroatoms. The molecule has 3 aromatic heterocycles. The van der Waals surface area contributed by atoms with Gasteiger partial charge < -0.3 is 8.98 Å². The third kappa shape index (κ3) is 3.33. The van der Waals surface area contributed by atoms with Crippen molar-refractivity contribution < 1.29 is 12.8 Å². The van der Waals surface area contributed by atoms with Crippen LogP contribution in [0.15, 0.2) is 52.5 Å². The summed E-state index contributed by atoms with van der Waals surface area (Å²) in [5, 5.41) is 0.00708. The van der Waals surface area contributed by atoms with Gasteiger partial charge in [0.15, 0.2) is 5.03 Å². The quantitative estimate of drug-likeness (QED) is 0.770. The number of nitrogens with one attached hydrogen (secondary N) is 1. The third-order valence-corrected chi connectivity index (χ3v) is 4.70. The van der Waals surface area contributed by atoms with E-state index in [1.807, 2.05) is 12.1 Å². The molecule has 1 N–H and O–H groups in total. The van der Waals surface area contributed by atoms with E-state index in [0.717, 1.165) is 11.1 Å². The van der Waals surface area contributed by atoms with Crippen LogP contribution in [0.1, 0.15) is 11.4 Å². The lowest BCUT2D eigenvalue weighted by Crippen LogP contribution is -2.23. The monoisotopic (exact) mass is 332 g/mol. The zero-order valence-corrected chi connectivity index (χ0v) is 13.5. The Labute approximate surface area is 134 Å². The summed E-state index contributed by atoms with van der Waals surface area (Å²) in [5.41, 5.74) is 1.52. The first-order valence-corrected chi connectivity index (χ1v) is 8.41. The Bertz CT molecular complexity index is 895. The third-order valence-electron chi connectivity index (χ3n) is 3.43. The Morgan fingerprint density at radius 1 is 1.35 bits per heavy atom. The first-order valence-electron chi connectivity index (χ1n) is 6.93. The highest BCUT2D eigenvalue weighted by Crippen LogP contribution is 2.19. The number of hydrogen-bond donors (Lipinski definition) is 1. The lowest BCUT2D eigenvalue weighted by molar-refractivity contribution is 0.577. The van der Waals surface area contributed by atoms with E-state index in [-0.39, 0.29) is 11.6 Å². The van der Waals surface area contributed by atoms with Crippen LogP contribution in [0.2, 0.25) is 0 Å². The molecular formula is C15H16N4O3S. The number of rotatable bonds is 5. The molecule has 3 aromatic rings. The van der Waals surface area contributed by atoms with Gasteiger partial charge >= 0.3 is 0 Å². The van der Waals surface area contributed by atoms with Crippen molar-refractivity contribution in [1.29, 1.82) is 0 Å². The van der Waals surface area contributed by atoms with E-state index in [1.54, 1.807) is 43.3 Å². The predicted molar refractivity (Wildman–Crippen MR) is 83.9 cm³/mol. The van der Waals surface area contributed by atoms with Crippen LogP contribution in [0, 0.1) is 6.92 Å². The number of nitrogens with zero attached hydrogens (tertiary/aromatic N) is 3. The van der Waals surface area contributed by atoms with Crippen molar-refractivity contribution >= 4 is 10.0 Å². The van der Waals surface area contributed by atoms with Gasteiger partial charge in [0.05, 0.1) is 6.26 Å². The molecule has 0 unspecified atom stereocenters. The molecule has 0 radical (unpaired) electrons. The second-order valence-electron chi connectivity index (χ2n) is 5.12. The van der Waals surface area contributed by atoms with Gasteiger partial charge in [-0.1, -0.05) is 0 Å². The highest BCUT2D eigenvalue weighted by Gasteiger charge is 2.18. The van der Waals surface area contributed by atoms with Gasteiger partial charge in [0.1, 0.15) is 11.6 Å². The number of pyridine rings is 1. The zero-order chi connectivity index (χ0) is 16.4. The molecule has 0 saturated carbocycles. The molecule has 120 valence electrons. The van der Waals surface area contributed by atoms with Gasteiger partial charge in [0.2, 0.25) is 0 Å². The maximum absolute atomic E-state index is 12.3. The molecular weight excluding hydrogens is 316 g/mol. The molecule has 0 atom stereocenters. The van der Waals surface area contributed by atoms with Crippen LogP contribution in [0.4, 0.5) is 0 Å². The maximum atomic E-state index is 12.3. The number of aryl methyl sites for hydroxylation is 2. The fraction of sp³-hybridized carbons (Fsp3) is 0.200. The summed E-state index contributed by atoms with van der Waals surface area (Å²) in [6.45, 7) is 1.87. The minimum atomic E-state index is -3.66. The van der Waals surface area contributed by atoms with Gasteiger partial charge in [0.25, 0.3) is 10.0 Å². The van der Waals surface area contributed by atoms with Gasteiger partial charge in [-0.15, -0.1) is 0 Å². The molecule has 0 spiro atoms. The molecule has 0 aromatic carbocycles. The topological polar surface area (TPSA) is 90.0 Å². The molecule has 3 heterocycles. The van der Waals surface area contributed by atoms with E-state index in [0.29, 0.717) is 11.6 Å². The van der Waals surface area contributed by atoms with Crippen molar-refractivity contribution in [3.05, 3.63) is 54.4 Å². The van der Waals surface area contributed by atoms with Gasteiger partial charge in [-0.05, 0) is 30.7 Å². The van der Waals surface area contributed by atoms with E-state index in [4.69, 9.17) is 4.42 Å². The van der Waals surface area contributed by atoms with E-state index in [1.165, 1.54) is 6.20 Å². The average molecular weight is 332 g/mol. The lowest BCUT2D eigenvalue weighted by Gasteiger charge is -2.05. The molecule has 3 rings (SSSR count). The van der Waals surface area contributed by atoms with E-state index < -0.39 is 10.0 Å². The summed E-state index contributed by atoms with van der Waals surface area (Å²) in [6, 6.07) is 5.44. The van der Waals surface area contributed by atoms with Crippen LogP contribution in [0.5, 0.6) is 0 Å². The molecule has 0 amide bonds. The fourth-order valence-electron chi connectivity index (χ4n) is 2.07. The van der Waals surface area contributed by atoms with E-state index in [2.05, 4.69) is 14.7 Å². The molecule has 0 saturated heterocycles. The van der Waals surface area contributed by atoms with Crippen molar-refractivity contribution in [3.8, 4) is 11.3 Å². The summed E-state index contributed by atoms with van der Waals surface area (Å²) >= 11 is 0. The summed E-state index contributed by atoms with van der Waals surface area (Å²) in [5.74, 6) is 1.31. The normalized spacial score (nSPS) is 11.7. The molecule has 0 aliphatic carbocycles. The highest BCUT2D eigenvalue weighted by molar-refractivity contribution is 7.89. The summed E-state index contributed by atoms with van der Waals surface area (Å²) in [4.78, 5) is 8.15. The maximum Gasteiger partial charge on any atom is 0.259 e. The van der Waals surface area contributed by atoms with Gasteiger partial charge in [-0.2, -0.15) is 0 Å². The number of sulfonamides is 1. The fourth-order valence-corrected chi connectivity index (χ4v) is 3.12. The Morgan fingerprint density at radius 2 is 2.17 bits per heavy atom. The van der Waals surface area contributed by atoms with Crippen molar-refractivity contribution in [3.63, 3.8) is 0 Å². The Balaban J connectivity index is 1.77. The lowest BCUT2D eigenvalue weighted by atomic mass is 10.2. The minimum Gasteiger partial charge on any atom is -0.464 e. The second-order valence-corrected chi connectivity index (χ2v) is 6.83. The van der Waals surface area contributed by atoms with Crippen LogP contribution in [-0.4, -0.2) is 23.0 Å². The first kappa shape index (κ1) is 15.4. The van der Waals surface area contributed by atoms with Crippen LogP contribution >= 0.6 is 0 Å². The van der Waals surface area contributed by atoms with Crippen molar-refractivity contribution in [1.82, 2.24) is 19.3 Å². The molecule has 0 aliphatic rings. The van der Waals surface area contributed by atoms with Crippen molar-refractivity contribution in [2.24, 2.45) is 7.05 Å². The van der Waals surface area contributed by atoms with Crippen molar-refractivity contribution in [2.75, 3.05) is 0 Å². The van der Waals surface area contributed by atoms with Gasteiger partial charge in [-0.25, -0.2) is 18.1 Å². The number of hydrogen-bond acceptors (Lipinski definition) is 5. The predicted octanol–water partition coefficient (Wildman–Crippen LogP) is 1.86. The molecule has 7 nitrogen and oxygen atoms in total. The Hall–Kier alpha value is -2.45. The largest absolute Gasteiger partial charge is 0.464 e. The average Bonchev–Trinajstić information content (AvgIpc) is 3.17. The van der Waals surface area contributed by atoms with E-state index >= 15 is 0 Å². The zero-order valence-electron chi connectivity index (χ0n) is 12.7. The van der Waals surface area contributed by atoms with Crippen molar-refractivity contribution in [2.45, 2.75) is 18.5 Å². The molecule has 23 heavy (non-hydrogen) atoms. The number of imidazole rings is 1. The van der Waals surface area contributed by atoms with Crippen LogP contribution < -0.4 is 4.72 Å². The Kier molecular flexibility index (Phi) is 4.01. The van der Waals surface area contributed by atoms with Gasteiger partial charge in [-0.3, -0.25) is 4.98 Å². The van der Waals surface area contributed by atoms with Crippen LogP contribution in [0.25, 0.3) is 11.3 Å². The molecule has 0 aliphatic heterocycles. The molecule has 0 bridgehead atoms. The standard InChI is InChI=1S/C15H16N4O3S/c1-11-18-15(10-19(11)2)23(20,21)17-8-12-6-13(9-16-7-12)14-4-3-5-22-14/h3-7,9-10,17H,8H2,1-2H3. The SMILES string of the molecule is Cc1nc(S(=O)(=O)NCc2cncc(-c3ccco3)c2)cn1C. The number of furan rings is 1. The minimum absolute atomic E-state index is 0.00708. The van der Waals surface area contributed by atoms with Gasteiger partial charge in [0, 0.05) is 37.7 Å². The highest BCUT2D eigenvalue weighted by atomic mass is 32.2.